The van der Waals surface area contributed by atoms with Crippen LogP contribution in [0.1, 0.15) is 5.56 Å². The Labute approximate surface area is 110 Å². The molecule has 0 amide bonds. The molecule has 1 aliphatic heterocycles. The number of nitrogens with zero attached hydrogens (tertiary/aromatic N) is 1. The smallest absolute Gasteiger partial charge is 0.251 e. The van der Waals surface area contributed by atoms with E-state index in [2.05, 4.69) is 30.3 Å². The molecule has 4 rings (SSSR count). The topological polar surface area (TPSA) is 22.0 Å². The largest absolute Gasteiger partial charge is 0.308 e. The fourth-order valence-corrected chi connectivity index (χ4v) is 3.03. The van der Waals surface area contributed by atoms with E-state index in [0.29, 0.717) is 0 Å². The van der Waals surface area contributed by atoms with Gasteiger partial charge in [0.15, 0.2) is 0 Å². The van der Waals surface area contributed by atoms with Crippen LogP contribution < -0.4 is 5.56 Å². The van der Waals surface area contributed by atoms with E-state index in [1.165, 1.54) is 10.9 Å². The van der Waals surface area contributed by atoms with Gasteiger partial charge in [0.1, 0.15) is 0 Å². The normalized spacial score (nSPS) is 13.1. The minimum atomic E-state index is 0.108. The first-order chi connectivity index (χ1) is 9.34. The third-order valence-electron chi connectivity index (χ3n) is 3.90. The highest BCUT2D eigenvalue weighted by Gasteiger charge is 2.17. The Kier molecular flexibility index (Phi) is 2.12. The summed E-state index contributed by atoms with van der Waals surface area (Å²) in [6.45, 7) is 0.809. The van der Waals surface area contributed by atoms with Crippen LogP contribution in [0.2, 0.25) is 0 Å². The SMILES string of the molecule is O=c1cc(-c2ccccc2)c2cccc3c2n1CC3. The van der Waals surface area contributed by atoms with Crippen LogP contribution in [0.25, 0.3) is 22.0 Å². The third kappa shape index (κ3) is 1.46. The third-order valence-corrected chi connectivity index (χ3v) is 3.90. The Hall–Kier alpha value is -2.35. The predicted molar refractivity (Wildman–Crippen MR) is 77.3 cm³/mol. The van der Waals surface area contributed by atoms with Crippen molar-refractivity contribution in [3.8, 4) is 11.1 Å². The van der Waals surface area contributed by atoms with E-state index in [9.17, 15) is 4.79 Å². The number of aromatic nitrogens is 1. The summed E-state index contributed by atoms with van der Waals surface area (Å²) in [6.07, 6.45) is 0.963. The molecular weight excluding hydrogens is 234 g/mol. The van der Waals surface area contributed by atoms with Crippen molar-refractivity contribution in [1.29, 1.82) is 0 Å². The van der Waals surface area contributed by atoms with Gasteiger partial charge in [0.25, 0.3) is 5.56 Å². The lowest BCUT2D eigenvalue weighted by atomic mass is 10.00. The van der Waals surface area contributed by atoms with Crippen molar-refractivity contribution in [3.05, 3.63) is 70.5 Å². The second-order valence-electron chi connectivity index (χ2n) is 4.98. The van der Waals surface area contributed by atoms with Crippen LogP contribution in [-0.4, -0.2) is 4.57 Å². The van der Waals surface area contributed by atoms with Gasteiger partial charge in [-0.25, -0.2) is 0 Å². The number of hydrogen-bond acceptors (Lipinski definition) is 1. The van der Waals surface area contributed by atoms with Crippen LogP contribution in [0.5, 0.6) is 0 Å². The van der Waals surface area contributed by atoms with E-state index in [0.717, 1.165) is 29.6 Å². The molecule has 19 heavy (non-hydrogen) atoms. The Morgan fingerprint density at radius 1 is 0.947 bits per heavy atom. The lowest BCUT2D eigenvalue weighted by Crippen LogP contribution is -2.17. The van der Waals surface area contributed by atoms with Crippen LogP contribution in [0.3, 0.4) is 0 Å². The van der Waals surface area contributed by atoms with E-state index >= 15 is 0 Å². The average molecular weight is 247 g/mol. The maximum absolute atomic E-state index is 12.3. The van der Waals surface area contributed by atoms with Gasteiger partial charge in [0, 0.05) is 18.0 Å². The maximum Gasteiger partial charge on any atom is 0.251 e. The zero-order valence-electron chi connectivity index (χ0n) is 10.5. The summed E-state index contributed by atoms with van der Waals surface area (Å²) in [4.78, 5) is 12.3. The predicted octanol–water partition coefficient (Wildman–Crippen LogP) is 3.22. The van der Waals surface area contributed by atoms with E-state index in [-0.39, 0.29) is 5.56 Å². The van der Waals surface area contributed by atoms with Crippen molar-refractivity contribution in [2.24, 2.45) is 0 Å². The monoisotopic (exact) mass is 247 g/mol. The van der Waals surface area contributed by atoms with Crippen LogP contribution in [0.15, 0.2) is 59.4 Å². The molecule has 1 aliphatic rings. The molecule has 0 atom stereocenters. The molecule has 0 radical (unpaired) electrons. The van der Waals surface area contributed by atoms with E-state index in [1.807, 2.05) is 22.8 Å². The Balaban J connectivity index is 2.17. The minimum Gasteiger partial charge on any atom is -0.308 e. The molecule has 92 valence electrons. The fourth-order valence-electron chi connectivity index (χ4n) is 3.03. The molecule has 0 fully saturated rings. The van der Waals surface area contributed by atoms with Crippen molar-refractivity contribution in [2.45, 2.75) is 13.0 Å². The molecule has 3 aromatic rings. The molecular formula is C17H13NO. The standard InChI is InChI=1S/C17H13NO/c19-16-11-15(12-5-2-1-3-6-12)14-8-4-7-13-9-10-18(16)17(13)14/h1-8,11H,9-10H2. The average Bonchev–Trinajstić information content (AvgIpc) is 2.89. The highest BCUT2D eigenvalue weighted by atomic mass is 16.1. The van der Waals surface area contributed by atoms with Gasteiger partial charge < -0.3 is 4.57 Å². The second kappa shape index (κ2) is 3.82. The zero-order chi connectivity index (χ0) is 12.8. The van der Waals surface area contributed by atoms with Crippen molar-refractivity contribution in [3.63, 3.8) is 0 Å². The summed E-state index contributed by atoms with van der Waals surface area (Å²) >= 11 is 0. The molecule has 2 aromatic carbocycles. The first kappa shape index (κ1) is 10.6. The summed E-state index contributed by atoms with van der Waals surface area (Å²) in [5, 5.41) is 1.18. The molecule has 0 spiro atoms. The lowest BCUT2D eigenvalue weighted by Gasteiger charge is -2.09. The summed E-state index contributed by atoms with van der Waals surface area (Å²) < 4.78 is 1.90. The van der Waals surface area contributed by atoms with Gasteiger partial charge in [-0.2, -0.15) is 0 Å². The van der Waals surface area contributed by atoms with Crippen LogP contribution >= 0.6 is 0 Å². The first-order valence-electron chi connectivity index (χ1n) is 6.55. The molecule has 0 unspecified atom stereocenters. The van der Waals surface area contributed by atoms with Crippen molar-refractivity contribution < 1.29 is 0 Å². The van der Waals surface area contributed by atoms with Crippen LogP contribution in [-0.2, 0) is 13.0 Å². The van der Waals surface area contributed by atoms with Gasteiger partial charge in [0.05, 0.1) is 5.52 Å². The molecule has 0 aliphatic carbocycles. The molecule has 2 heterocycles. The number of rotatable bonds is 1. The molecule has 1 aromatic heterocycles. The Morgan fingerprint density at radius 2 is 1.79 bits per heavy atom. The molecule has 0 saturated carbocycles. The van der Waals surface area contributed by atoms with Gasteiger partial charge >= 0.3 is 0 Å². The lowest BCUT2D eigenvalue weighted by molar-refractivity contribution is 0.742. The van der Waals surface area contributed by atoms with E-state index in [1.54, 1.807) is 6.07 Å². The summed E-state index contributed by atoms with van der Waals surface area (Å²) in [7, 11) is 0. The maximum atomic E-state index is 12.3. The van der Waals surface area contributed by atoms with Crippen molar-refractivity contribution in [2.75, 3.05) is 0 Å². The highest BCUT2D eigenvalue weighted by molar-refractivity contribution is 5.96. The Morgan fingerprint density at radius 3 is 2.63 bits per heavy atom. The quantitative estimate of drug-likeness (QED) is 0.647. The summed E-state index contributed by atoms with van der Waals surface area (Å²) in [5.74, 6) is 0. The summed E-state index contributed by atoms with van der Waals surface area (Å²) in [6, 6.07) is 18.2. The van der Waals surface area contributed by atoms with Gasteiger partial charge in [-0.05, 0) is 23.1 Å². The minimum absolute atomic E-state index is 0.108. The summed E-state index contributed by atoms with van der Waals surface area (Å²) in [5.41, 5.74) is 4.66. The van der Waals surface area contributed by atoms with Gasteiger partial charge in [0.2, 0.25) is 0 Å². The second-order valence-corrected chi connectivity index (χ2v) is 4.98. The molecule has 0 bridgehead atoms. The van der Waals surface area contributed by atoms with Crippen LogP contribution in [0.4, 0.5) is 0 Å². The molecule has 2 nitrogen and oxygen atoms in total. The number of hydrogen-bond donors (Lipinski definition) is 0. The zero-order valence-corrected chi connectivity index (χ0v) is 10.5. The number of pyridine rings is 1. The van der Waals surface area contributed by atoms with Gasteiger partial charge in [-0.1, -0.05) is 48.5 Å². The van der Waals surface area contributed by atoms with Crippen LogP contribution in [0, 0.1) is 0 Å². The Bertz CT molecular complexity index is 831. The first-order valence-corrected chi connectivity index (χ1v) is 6.55. The van der Waals surface area contributed by atoms with Gasteiger partial charge in [-0.15, -0.1) is 0 Å². The number of benzene rings is 2. The van der Waals surface area contributed by atoms with Crippen molar-refractivity contribution >= 4 is 10.9 Å². The van der Waals surface area contributed by atoms with Crippen molar-refractivity contribution in [1.82, 2.24) is 4.57 Å². The number of aryl methyl sites for hydroxylation is 2. The fraction of sp³-hybridized carbons (Fsp3) is 0.118. The van der Waals surface area contributed by atoms with E-state index < -0.39 is 0 Å². The highest BCUT2D eigenvalue weighted by Crippen LogP contribution is 2.31. The van der Waals surface area contributed by atoms with E-state index in [4.69, 9.17) is 0 Å². The molecule has 2 heteroatoms. The number of para-hydroxylation sites is 1. The molecule has 0 N–H and O–H groups in total. The molecule has 0 saturated heterocycles. The van der Waals surface area contributed by atoms with Gasteiger partial charge in [-0.3, -0.25) is 4.79 Å².